The zero-order valence-electron chi connectivity index (χ0n) is 27.2. The van der Waals surface area contributed by atoms with Gasteiger partial charge in [0, 0.05) is 23.2 Å². The Morgan fingerprint density at radius 1 is 0.667 bits per heavy atom. The molecule has 0 radical (unpaired) electrons. The van der Waals surface area contributed by atoms with Gasteiger partial charge in [-0.15, -0.1) is 0 Å². The number of nitrogens with one attached hydrogen (secondary N) is 2. The summed E-state index contributed by atoms with van der Waals surface area (Å²) >= 11 is 0. The Hall–Kier alpha value is -2.80. The van der Waals surface area contributed by atoms with Crippen LogP contribution in [0, 0.1) is 10.8 Å². The largest absolute Gasteiger partial charge is 0.463 e. The summed E-state index contributed by atoms with van der Waals surface area (Å²) in [4.78, 5) is 47.5. The van der Waals surface area contributed by atoms with Crippen molar-refractivity contribution >= 4 is 23.8 Å². The molecule has 42 heavy (non-hydrogen) atoms. The smallest absolute Gasteiger partial charge is 0.335 e. The zero-order chi connectivity index (χ0) is 32.5. The maximum atomic E-state index is 12.3. The first-order valence-corrected chi connectivity index (χ1v) is 14.1. The highest BCUT2D eigenvalue weighted by Crippen LogP contribution is 2.36. The molecule has 2 rings (SSSR count). The molecular formula is C30H50N2O10. The monoisotopic (exact) mass is 598 g/mol. The average molecular weight is 599 g/mol. The van der Waals surface area contributed by atoms with E-state index >= 15 is 0 Å². The highest BCUT2D eigenvalue weighted by atomic mass is 16.7. The SMILES string of the molecule is CCOC(=O)/C(C)=C/NC(=O)[C@@H]1OC(C)(C)OCC1(C)C.CCOC(=O)/C(C)=C\NC(=O)[C@@H]1OC(C)(C)OCC1(C)C. The first-order chi connectivity index (χ1) is 19.2. The molecule has 240 valence electrons. The molecule has 0 aromatic carbocycles. The Bertz CT molecular complexity index is 961. The lowest BCUT2D eigenvalue weighted by atomic mass is 9.85. The number of hydrogen-bond acceptors (Lipinski definition) is 10. The molecule has 0 unspecified atom stereocenters. The molecule has 2 N–H and O–H groups in total. The first-order valence-electron chi connectivity index (χ1n) is 14.1. The number of amides is 2. The quantitative estimate of drug-likeness (QED) is 0.314. The minimum Gasteiger partial charge on any atom is -0.463 e. The lowest BCUT2D eigenvalue weighted by Crippen LogP contribution is -2.56. The minimum atomic E-state index is -0.808. The fourth-order valence-electron chi connectivity index (χ4n) is 3.76. The molecule has 2 aliphatic rings. The van der Waals surface area contributed by atoms with Gasteiger partial charge in [-0.1, -0.05) is 27.7 Å². The lowest BCUT2D eigenvalue weighted by Gasteiger charge is -2.44. The molecule has 2 atom stereocenters. The van der Waals surface area contributed by atoms with E-state index in [1.165, 1.54) is 12.4 Å². The summed E-state index contributed by atoms with van der Waals surface area (Å²) in [6.45, 7) is 22.7. The number of carbonyl (C=O) groups is 4. The Morgan fingerprint density at radius 2 is 0.976 bits per heavy atom. The van der Waals surface area contributed by atoms with Crippen molar-refractivity contribution in [3.8, 4) is 0 Å². The van der Waals surface area contributed by atoms with Crippen LogP contribution in [0.1, 0.15) is 83.1 Å². The van der Waals surface area contributed by atoms with Crippen LogP contribution in [0.25, 0.3) is 0 Å². The average Bonchev–Trinajstić information content (AvgIpc) is 2.89. The van der Waals surface area contributed by atoms with Gasteiger partial charge < -0.3 is 39.1 Å². The fraction of sp³-hybridized carbons (Fsp3) is 0.733. The molecular weight excluding hydrogens is 548 g/mol. The Morgan fingerprint density at radius 3 is 1.26 bits per heavy atom. The summed E-state index contributed by atoms with van der Waals surface area (Å²) in [5.41, 5.74) is -0.250. The van der Waals surface area contributed by atoms with Gasteiger partial charge in [-0.05, 0) is 55.4 Å². The van der Waals surface area contributed by atoms with Crippen molar-refractivity contribution in [2.45, 2.75) is 107 Å². The molecule has 0 saturated carbocycles. The van der Waals surface area contributed by atoms with Gasteiger partial charge in [-0.25, -0.2) is 9.59 Å². The van der Waals surface area contributed by atoms with Crippen LogP contribution in [0.5, 0.6) is 0 Å². The summed E-state index contributed by atoms with van der Waals surface area (Å²) in [5, 5.41) is 5.20. The van der Waals surface area contributed by atoms with Crippen molar-refractivity contribution in [2.24, 2.45) is 10.8 Å². The van der Waals surface area contributed by atoms with Gasteiger partial charge in [-0.2, -0.15) is 0 Å². The van der Waals surface area contributed by atoms with Gasteiger partial charge in [0.15, 0.2) is 11.6 Å². The van der Waals surface area contributed by atoms with Crippen molar-refractivity contribution in [1.82, 2.24) is 10.6 Å². The maximum Gasteiger partial charge on any atom is 0.335 e. The van der Waals surface area contributed by atoms with E-state index in [2.05, 4.69) is 10.6 Å². The third-order valence-electron chi connectivity index (χ3n) is 6.34. The predicted octanol–water partition coefficient (Wildman–Crippen LogP) is 3.49. The van der Waals surface area contributed by atoms with Gasteiger partial charge in [0.2, 0.25) is 0 Å². The molecule has 2 fully saturated rings. The van der Waals surface area contributed by atoms with Crippen LogP contribution in [0.2, 0.25) is 0 Å². The van der Waals surface area contributed by atoms with Crippen molar-refractivity contribution in [3.63, 3.8) is 0 Å². The first kappa shape index (κ1) is 37.2. The molecule has 0 bridgehead atoms. The highest BCUT2D eigenvalue weighted by Gasteiger charge is 2.46. The van der Waals surface area contributed by atoms with Crippen molar-refractivity contribution in [1.29, 1.82) is 0 Å². The van der Waals surface area contributed by atoms with Gasteiger partial charge in [-0.3, -0.25) is 9.59 Å². The molecule has 0 spiro atoms. The third kappa shape index (κ3) is 11.5. The van der Waals surface area contributed by atoms with E-state index in [1.54, 1.807) is 55.4 Å². The van der Waals surface area contributed by atoms with Crippen molar-refractivity contribution in [3.05, 3.63) is 23.5 Å². The van der Waals surface area contributed by atoms with Gasteiger partial charge in [0.05, 0.1) is 37.6 Å². The molecule has 2 amide bonds. The number of ether oxygens (including phenoxy) is 6. The molecule has 12 nitrogen and oxygen atoms in total. The van der Waals surface area contributed by atoms with Crippen LogP contribution in [0.3, 0.4) is 0 Å². The van der Waals surface area contributed by atoms with Crippen LogP contribution in [0.4, 0.5) is 0 Å². The standard InChI is InChI=1S/2C15H25NO5/c2*1-7-19-13(18)10(2)8-16-12(17)11-14(3,4)9-20-15(5,6)21-11/h2*8,11H,7,9H2,1-6H3,(H,16,17)/b10-8+;10-8-/t2*11-/m00/s1. The van der Waals surface area contributed by atoms with E-state index in [0.717, 1.165) is 0 Å². The topological polar surface area (TPSA) is 148 Å². The van der Waals surface area contributed by atoms with Crippen LogP contribution >= 0.6 is 0 Å². The Kier molecular flexibility index (Phi) is 13.4. The van der Waals surface area contributed by atoms with Crippen LogP contribution in [-0.2, 0) is 47.6 Å². The third-order valence-corrected chi connectivity index (χ3v) is 6.34. The minimum absolute atomic E-state index is 0.294. The van der Waals surface area contributed by atoms with E-state index in [1.807, 2.05) is 27.7 Å². The molecule has 2 aliphatic heterocycles. The van der Waals surface area contributed by atoms with E-state index in [4.69, 9.17) is 28.4 Å². The summed E-state index contributed by atoms with van der Waals surface area (Å²) in [5.74, 6) is -3.13. The normalized spacial score (nSPS) is 24.3. The molecule has 12 heteroatoms. The maximum absolute atomic E-state index is 12.3. The van der Waals surface area contributed by atoms with E-state index in [9.17, 15) is 19.2 Å². The summed E-state index contributed by atoms with van der Waals surface area (Å²) < 4.78 is 32.2. The van der Waals surface area contributed by atoms with Crippen LogP contribution in [-0.4, -0.2) is 74.0 Å². The number of rotatable bonds is 8. The predicted molar refractivity (Wildman–Crippen MR) is 154 cm³/mol. The van der Waals surface area contributed by atoms with Crippen molar-refractivity contribution < 1.29 is 47.6 Å². The van der Waals surface area contributed by atoms with Gasteiger partial charge >= 0.3 is 11.9 Å². The second-order valence-electron chi connectivity index (χ2n) is 12.5. The van der Waals surface area contributed by atoms with Crippen LogP contribution in [0.15, 0.2) is 23.5 Å². The van der Waals surface area contributed by atoms with Gasteiger partial charge in [0.1, 0.15) is 12.2 Å². The summed E-state index contributed by atoms with van der Waals surface area (Å²) in [6, 6.07) is 0. The Labute approximate surface area is 249 Å². The van der Waals surface area contributed by atoms with E-state index in [-0.39, 0.29) is 11.8 Å². The summed E-state index contributed by atoms with van der Waals surface area (Å²) in [6.07, 6.45) is 1.38. The number of esters is 2. The molecule has 0 aromatic heterocycles. The molecule has 0 aromatic rings. The second kappa shape index (κ2) is 15.1. The zero-order valence-corrected chi connectivity index (χ0v) is 27.2. The molecule has 0 aliphatic carbocycles. The highest BCUT2D eigenvalue weighted by molar-refractivity contribution is 5.90. The number of carbonyl (C=O) groups excluding carboxylic acids is 4. The second-order valence-corrected chi connectivity index (χ2v) is 12.5. The van der Waals surface area contributed by atoms with Crippen molar-refractivity contribution in [2.75, 3.05) is 26.4 Å². The van der Waals surface area contributed by atoms with E-state index in [0.29, 0.717) is 37.6 Å². The van der Waals surface area contributed by atoms with E-state index < -0.39 is 46.6 Å². The van der Waals surface area contributed by atoms with Crippen LogP contribution < -0.4 is 10.6 Å². The van der Waals surface area contributed by atoms with Gasteiger partial charge in [0.25, 0.3) is 11.8 Å². The fourth-order valence-corrected chi connectivity index (χ4v) is 3.76. The summed E-state index contributed by atoms with van der Waals surface area (Å²) in [7, 11) is 0. The number of hydrogen-bond donors (Lipinski definition) is 2. The Balaban J connectivity index is 0.000000420. The molecule has 2 heterocycles. The lowest BCUT2D eigenvalue weighted by molar-refractivity contribution is -0.304. The molecule has 2 saturated heterocycles.